The Kier molecular flexibility index (Phi) is 3.97. The van der Waals surface area contributed by atoms with Crippen LogP contribution in [0.15, 0.2) is 18.5 Å². The zero-order valence-electron chi connectivity index (χ0n) is 10.3. The number of nitrogens with one attached hydrogen (secondary N) is 1. The zero-order chi connectivity index (χ0) is 13.2. The highest BCUT2D eigenvalue weighted by Crippen LogP contribution is 2.31. The van der Waals surface area contributed by atoms with E-state index in [9.17, 15) is 12.8 Å². The summed E-state index contributed by atoms with van der Waals surface area (Å²) in [6.45, 7) is 2.65. The van der Waals surface area contributed by atoms with E-state index in [-0.39, 0.29) is 23.5 Å². The molecule has 0 bridgehead atoms. The van der Waals surface area contributed by atoms with Crippen molar-refractivity contribution >= 4 is 9.84 Å². The summed E-state index contributed by atoms with van der Waals surface area (Å²) in [5, 5.41) is 3.23. The number of halogens is 1. The van der Waals surface area contributed by atoms with Crippen molar-refractivity contribution in [2.45, 2.75) is 19.4 Å². The maximum Gasteiger partial charge on any atom is 0.150 e. The van der Waals surface area contributed by atoms with Gasteiger partial charge in [0.05, 0.1) is 17.7 Å². The Bertz CT molecular complexity index is 519. The first-order chi connectivity index (χ1) is 8.52. The smallest absolute Gasteiger partial charge is 0.150 e. The van der Waals surface area contributed by atoms with Crippen molar-refractivity contribution in [3.05, 3.63) is 29.8 Å². The predicted molar refractivity (Wildman–Crippen MR) is 67.4 cm³/mol. The van der Waals surface area contributed by atoms with Crippen LogP contribution in [0.2, 0.25) is 0 Å². The van der Waals surface area contributed by atoms with Crippen molar-refractivity contribution in [3.63, 3.8) is 0 Å². The number of rotatable bonds is 4. The minimum Gasteiger partial charge on any atom is -0.310 e. The van der Waals surface area contributed by atoms with Gasteiger partial charge in [-0.05, 0) is 30.5 Å². The fourth-order valence-electron chi connectivity index (χ4n) is 2.46. The summed E-state index contributed by atoms with van der Waals surface area (Å²) < 4.78 is 36.3. The number of aromatic nitrogens is 1. The van der Waals surface area contributed by atoms with Crippen LogP contribution in [-0.2, 0) is 9.84 Å². The normalized spacial score (nSPS) is 24.0. The number of sulfone groups is 1. The Morgan fingerprint density at radius 1 is 1.56 bits per heavy atom. The van der Waals surface area contributed by atoms with Crippen LogP contribution in [0.25, 0.3) is 0 Å². The molecule has 1 aromatic heterocycles. The molecule has 0 saturated carbocycles. The van der Waals surface area contributed by atoms with Crippen molar-refractivity contribution in [1.29, 1.82) is 0 Å². The lowest BCUT2D eigenvalue weighted by Crippen LogP contribution is -2.29. The lowest BCUT2D eigenvalue weighted by atomic mass is 9.93. The molecule has 0 amide bonds. The van der Waals surface area contributed by atoms with Gasteiger partial charge in [-0.3, -0.25) is 4.98 Å². The second-order valence-corrected chi connectivity index (χ2v) is 6.86. The average Bonchev–Trinajstić information content (AvgIpc) is 2.66. The Balaban J connectivity index is 2.24. The molecule has 18 heavy (non-hydrogen) atoms. The first kappa shape index (κ1) is 13.4. The van der Waals surface area contributed by atoms with Gasteiger partial charge in [0.25, 0.3) is 0 Å². The summed E-state index contributed by atoms with van der Waals surface area (Å²) in [6, 6.07) is 1.28. The van der Waals surface area contributed by atoms with Crippen LogP contribution >= 0.6 is 0 Å². The largest absolute Gasteiger partial charge is 0.310 e. The van der Waals surface area contributed by atoms with Crippen LogP contribution in [0.5, 0.6) is 0 Å². The third-order valence-corrected chi connectivity index (χ3v) is 5.04. The van der Waals surface area contributed by atoms with Crippen LogP contribution < -0.4 is 5.32 Å². The Morgan fingerprint density at radius 3 is 2.89 bits per heavy atom. The maximum absolute atomic E-state index is 13.2. The molecule has 1 aliphatic rings. The summed E-state index contributed by atoms with van der Waals surface area (Å²) in [4.78, 5) is 3.83. The third-order valence-electron chi connectivity index (χ3n) is 3.25. The highest BCUT2D eigenvalue weighted by Gasteiger charge is 2.34. The molecule has 1 aromatic rings. The van der Waals surface area contributed by atoms with E-state index in [2.05, 4.69) is 10.3 Å². The van der Waals surface area contributed by atoms with Crippen molar-refractivity contribution < 1.29 is 12.8 Å². The quantitative estimate of drug-likeness (QED) is 0.897. The number of hydrogen-bond donors (Lipinski definition) is 1. The van der Waals surface area contributed by atoms with Gasteiger partial charge in [-0.2, -0.15) is 0 Å². The molecular formula is C12H17FN2O2S. The number of hydrogen-bond acceptors (Lipinski definition) is 4. The maximum atomic E-state index is 13.2. The average molecular weight is 272 g/mol. The minimum absolute atomic E-state index is 0.00134. The lowest BCUT2D eigenvalue weighted by molar-refractivity contribution is 0.397. The van der Waals surface area contributed by atoms with Crippen LogP contribution in [0.1, 0.15) is 24.9 Å². The van der Waals surface area contributed by atoms with Crippen LogP contribution in [-0.4, -0.2) is 31.5 Å². The summed E-state index contributed by atoms with van der Waals surface area (Å²) in [5.41, 5.74) is 0.721. The van der Waals surface area contributed by atoms with E-state index in [0.717, 1.165) is 11.8 Å². The Morgan fingerprint density at radius 2 is 2.33 bits per heavy atom. The van der Waals surface area contributed by atoms with Gasteiger partial charge in [0.2, 0.25) is 0 Å². The van der Waals surface area contributed by atoms with Crippen molar-refractivity contribution in [2.24, 2.45) is 5.92 Å². The zero-order valence-corrected chi connectivity index (χ0v) is 11.1. The van der Waals surface area contributed by atoms with Crippen LogP contribution in [0, 0.1) is 11.7 Å². The second-order valence-electron chi connectivity index (χ2n) is 4.63. The topological polar surface area (TPSA) is 59.1 Å². The third kappa shape index (κ3) is 3.05. The van der Waals surface area contributed by atoms with Gasteiger partial charge in [0, 0.05) is 12.2 Å². The van der Waals surface area contributed by atoms with Crippen LogP contribution in [0.3, 0.4) is 0 Å². The molecule has 1 N–H and O–H groups in total. The fraction of sp³-hybridized carbons (Fsp3) is 0.583. The van der Waals surface area contributed by atoms with E-state index in [1.165, 1.54) is 6.07 Å². The van der Waals surface area contributed by atoms with Gasteiger partial charge < -0.3 is 5.32 Å². The molecule has 100 valence electrons. The predicted octanol–water partition coefficient (Wildman–Crippen LogP) is 1.31. The Labute approximate surface area is 107 Å². The standard InChI is InChI=1S/C12H17FN2O2S/c1-2-15-12(9-3-4-18(16,17)8-9)10-5-11(13)7-14-6-10/h5-7,9,12,15H,2-4,8H2,1H3. The molecule has 2 heterocycles. The lowest BCUT2D eigenvalue weighted by Gasteiger charge is -2.23. The molecule has 2 atom stereocenters. The van der Waals surface area contributed by atoms with Gasteiger partial charge in [0.15, 0.2) is 9.84 Å². The van der Waals surface area contributed by atoms with E-state index in [4.69, 9.17) is 0 Å². The fourth-order valence-corrected chi connectivity index (χ4v) is 4.30. The van der Waals surface area contributed by atoms with E-state index in [0.29, 0.717) is 13.0 Å². The summed E-state index contributed by atoms with van der Waals surface area (Å²) in [5.74, 6) is -0.00135. The van der Waals surface area contributed by atoms with Gasteiger partial charge in [-0.15, -0.1) is 0 Å². The number of nitrogens with zero attached hydrogens (tertiary/aromatic N) is 1. The molecule has 0 spiro atoms. The molecule has 2 rings (SSSR count). The van der Waals surface area contributed by atoms with Crippen LogP contribution in [0.4, 0.5) is 4.39 Å². The number of pyridine rings is 1. The van der Waals surface area contributed by atoms with Crippen molar-refractivity contribution in [2.75, 3.05) is 18.1 Å². The minimum atomic E-state index is -2.93. The molecule has 6 heteroatoms. The van der Waals surface area contributed by atoms with Gasteiger partial charge in [0.1, 0.15) is 5.82 Å². The van der Waals surface area contributed by atoms with E-state index >= 15 is 0 Å². The molecule has 0 aliphatic carbocycles. The highest BCUT2D eigenvalue weighted by molar-refractivity contribution is 7.91. The summed E-state index contributed by atoms with van der Waals surface area (Å²) in [6.07, 6.45) is 3.37. The van der Waals surface area contributed by atoms with Gasteiger partial charge >= 0.3 is 0 Å². The SMILES string of the molecule is CCNC(c1cncc(F)c1)C1CCS(=O)(=O)C1. The first-order valence-corrected chi connectivity index (χ1v) is 7.88. The van der Waals surface area contributed by atoms with E-state index in [1.807, 2.05) is 6.92 Å². The monoisotopic (exact) mass is 272 g/mol. The second kappa shape index (κ2) is 5.32. The highest BCUT2D eigenvalue weighted by atomic mass is 32.2. The molecule has 1 saturated heterocycles. The summed E-state index contributed by atoms with van der Waals surface area (Å²) >= 11 is 0. The van der Waals surface area contributed by atoms with Crippen molar-refractivity contribution in [3.8, 4) is 0 Å². The molecular weight excluding hydrogens is 255 g/mol. The van der Waals surface area contributed by atoms with Gasteiger partial charge in [-0.25, -0.2) is 12.8 Å². The molecule has 1 fully saturated rings. The molecule has 2 unspecified atom stereocenters. The van der Waals surface area contributed by atoms with E-state index in [1.54, 1.807) is 6.20 Å². The first-order valence-electron chi connectivity index (χ1n) is 6.06. The molecule has 0 aromatic carbocycles. The molecule has 0 radical (unpaired) electrons. The molecule has 4 nitrogen and oxygen atoms in total. The molecule has 1 aliphatic heterocycles. The van der Waals surface area contributed by atoms with Gasteiger partial charge in [-0.1, -0.05) is 6.92 Å². The van der Waals surface area contributed by atoms with Crippen molar-refractivity contribution in [1.82, 2.24) is 10.3 Å². The summed E-state index contributed by atoms with van der Waals surface area (Å²) in [7, 11) is -2.93. The Hall–Kier alpha value is -1.01. The van der Waals surface area contributed by atoms with E-state index < -0.39 is 15.7 Å².